The molecular weight excluding hydrogens is 457 g/mol. The minimum absolute atomic E-state index is 0. The molecule has 0 fully saturated rings. The predicted molar refractivity (Wildman–Crippen MR) is 123 cm³/mol. The van der Waals surface area contributed by atoms with Gasteiger partial charge in [-0.2, -0.15) is 5.10 Å². The van der Waals surface area contributed by atoms with Gasteiger partial charge in [-0.25, -0.2) is 0 Å². The highest BCUT2D eigenvalue weighted by Gasteiger charge is 2.11. The van der Waals surface area contributed by atoms with Crippen LogP contribution in [-0.4, -0.2) is 35.4 Å². The summed E-state index contributed by atoms with van der Waals surface area (Å²) < 4.78 is 2.08. The highest BCUT2D eigenvalue weighted by molar-refractivity contribution is 14.0. The second-order valence-electron chi connectivity index (χ2n) is 6.93. The van der Waals surface area contributed by atoms with Crippen LogP contribution in [0.5, 0.6) is 0 Å². The molecule has 2 aromatic heterocycles. The SMILES string of the molecule is CN=C(NCC(C)Cn1nc(C)cc1C)NC(C)Cc1ccc(C)s1.I. The van der Waals surface area contributed by atoms with E-state index in [0.29, 0.717) is 12.0 Å². The third-order valence-corrected chi connectivity index (χ3v) is 5.14. The van der Waals surface area contributed by atoms with Crippen molar-refractivity contribution in [1.82, 2.24) is 20.4 Å². The standard InChI is InChI=1S/C19H31N5S.HI/c1-13(12-24-16(4)9-15(3)23-24)11-21-19(20-6)22-14(2)10-18-8-7-17(5)25-18;/h7-9,13-14H,10-12H2,1-6H3,(H2,20,21,22);1H. The summed E-state index contributed by atoms with van der Waals surface area (Å²) in [5.41, 5.74) is 2.29. The number of halogens is 1. The topological polar surface area (TPSA) is 54.2 Å². The normalized spacial score (nSPS) is 13.8. The Morgan fingerprint density at radius 3 is 2.54 bits per heavy atom. The van der Waals surface area contributed by atoms with Crippen LogP contribution in [0.15, 0.2) is 23.2 Å². The molecule has 26 heavy (non-hydrogen) atoms. The van der Waals surface area contributed by atoms with Crippen molar-refractivity contribution in [2.75, 3.05) is 13.6 Å². The van der Waals surface area contributed by atoms with Crippen LogP contribution in [0.25, 0.3) is 0 Å². The number of aryl methyl sites for hydroxylation is 3. The van der Waals surface area contributed by atoms with Gasteiger partial charge in [0.25, 0.3) is 0 Å². The number of aromatic nitrogens is 2. The van der Waals surface area contributed by atoms with Gasteiger partial charge in [-0.3, -0.25) is 9.67 Å². The summed E-state index contributed by atoms with van der Waals surface area (Å²) in [6.07, 6.45) is 1.01. The van der Waals surface area contributed by atoms with Gasteiger partial charge in [0.05, 0.1) is 5.69 Å². The Morgan fingerprint density at radius 1 is 1.27 bits per heavy atom. The first-order chi connectivity index (χ1) is 11.9. The van der Waals surface area contributed by atoms with E-state index >= 15 is 0 Å². The molecule has 0 bridgehead atoms. The monoisotopic (exact) mass is 489 g/mol. The summed E-state index contributed by atoms with van der Waals surface area (Å²) in [6.45, 7) is 12.5. The van der Waals surface area contributed by atoms with Crippen molar-refractivity contribution >= 4 is 41.3 Å². The zero-order valence-corrected chi connectivity index (χ0v) is 19.8. The molecule has 0 saturated carbocycles. The van der Waals surface area contributed by atoms with E-state index < -0.39 is 0 Å². The van der Waals surface area contributed by atoms with Gasteiger partial charge in [0, 0.05) is 48.0 Å². The molecule has 2 aromatic rings. The van der Waals surface area contributed by atoms with E-state index in [-0.39, 0.29) is 24.0 Å². The predicted octanol–water partition coefficient (Wildman–Crippen LogP) is 3.92. The summed E-state index contributed by atoms with van der Waals surface area (Å²) in [6, 6.07) is 6.86. The highest BCUT2D eigenvalue weighted by atomic mass is 127. The molecule has 2 atom stereocenters. The molecule has 5 nitrogen and oxygen atoms in total. The second kappa shape index (κ2) is 10.9. The maximum atomic E-state index is 4.54. The lowest BCUT2D eigenvalue weighted by atomic mass is 10.2. The van der Waals surface area contributed by atoms with Crippen LogP contribution in [0.3, 0.4) is 0 Å². The number of aliphatic imine (C=N–C) groups is 1. The van der Waals surface area contributed by atoms with Crippen molar-refractivity contribution in [2.24, 2.45) is 10.9 Å². The zero-order valence-electron chi connectivity index (χ0n) is 16.7. The second-order valence-corrected chi connectivity index (χ2v) is 8.30. The number of thiophene rings is 1. The Hall–Kier alpha value is -1.09. The van der Waals surface area contributed by atoms with Gasteiger partial charge in [0.2, 0.25) is 0 Å². The van der Waals surface area contributed by atoms with Gasteiger partial charge in [0.15, 0.2) is 5.96 Å². The molecule has 2 N–H and O–H groups in total. The summed E-state index contributed by atoms with van der Waals surface area (Å²) in [4.78, 5) is 7.12. The first-order valence-corrected chi connectivity index (χ1v) is 9.72. The van der Waals surface area contributed by atoms with Crippen molar-refractivity contribution < 1.29 is 0 Å². The molecule has 0 aliphatic carbocycles. The van der Waals surface area contributed by atoms with Crippen molar-refractivity contribution in [3.8, 4) is 0 Å². The Labute approximate surface area is 178 Å². The fourth-order valence-electron chi connectivity index (χ4n) is 2.87. The third kappa shape index (κ3) is 7.26. The van der Waals surface area contributed by atoms with Crippen molar-refractivity contribution in [3.05, 3.63) is 39.3 Å². The highest BCUT2D eigenvalue weighted by Crippen LogP contribution is 2.16. The third-order valence-electron chi connectivity index (χ3n) is 4.12. The molecule has 0 radical (unpaired) electrons. The molecular formula is C19H32IN5S. The quantitative estimate of drug-likeness (QED) is 0.352. The number of rotatable bonds is 7. The van der Waals surface area contributed by atoms with Crippen LogP contribution in [0.4, 0.5) is 0 Å². The number of nitrogens with one attached hydrogen (secondary N) is 2. The Balaban J connectivity index is 0.00000338. The minimum atomic E-state index is 0. The zero-order chi connectivity index (χ0) is 18.4. The molecule has 146 valence electrons. The van der Waals surface area contributed by atoms with Crippen molar-refractivity contribution in [2.45, 2.75) is 53.6 Å². The molecule has 0 aliphatic rings. The van der Waals surface area contributed by atoms with E-state index in [9.17, 15) is 0 Å². The van der Waals surface area contributed by atoms with Crippen LogP contribution in [0, 0.1) is 26.7 Å². The molecule has 2 heterocycles. The van der Waals surface area contributed by atoms with Crippen LogP contribution in [0.1, 0.15) is 35.0 Å². The number of hydrogen-bond acceptors (Lipinski definition) is 3. The van der Waals surface area contributed by atoms with Gasteiger partial charge in [0.1, 0.15) is 0 Å². The smallest absolute Gasteiger partial charge is 0.191 e. The first kappa shape index (κ1) is 23.0. The van der Waals surface area contributed by atoms with Gasteiger partial charge >= 0.3 is 0 Å². The fourth-order valence-corrected chi connectivity index (χ4v) is 3.89. The fraction of sp³-hybridized carbons (Fsp3) is 0.579. The van der Waals surface area contributed by atoms with E-state index in [4.69, 9.17) is 0 Å². The van der Waals surface area contributed by atoms with Gasteiger partial charge in [-0.15, -0.1) is 35.3 Å². The lowest BCUT2D eigenvalue weighted by Gasteiger charge is -2.20. The average Bonchev–Trinajstić information content (AvgIpc) is 3.08. The molecule has 0 saturated heterocycles. The van der Waals surface area contributed by atoms with Gasteiger partial charge in [-0.05, 0) is 51.8 Å². The van der Waals surface area contributed by atoms with Crippen LogP contribution in [0.2, 0.25) is 0 Å². The van der Waals surface area contributed by atoms with E-state index in [0.717, 1.165) is 31.2 Å². The van der Waals surface area contributed by atoms with Crippen LogP contribution in [-0.2, 0) is 13.0 Å². The molecule has 0 spiro atoms. The molecule has 7 heteroatoms. The van der Waals surface area contributed by atoms with Crippen LogP contribution < -0.4 is 10.6 Å². The number of guanidine groups is 1. The lowest BCUT2D eigenvalue weighted by molar-refractivity contribution is 0.435. The largest absolute Gasteiger partial charge is 0.356 e. The van der Waals surface area contributed by atoms with Gasteiger partial charge in [-0.1, -0.05) is 6.92 Å². The Morgan fingerprint density at radius 2 is 2.00 bits per heavy atom. The van der Waals surface area contributed by atoms with E-state index in [1.54, 1.807) is 0 Å². The van der Waals surface area contributed by atoms with Crippen LogP contribution >= 0.6 is 35.3 Å². The molecule has 0 aromatic carbocycles. The summed E-state index contributed by atoms with van der Waals surface area (Å²) >= 11 is 1.86. The number of hydrogen-bond donors (Lipinski definition) is 2. The van der Waals surface area contributed by atoms with Crippen molar-refractivity contribution in [3.63, 3.8) is 0 Å². The molecule has 0 amide bonds. The Bertz CT molecular complexity index is 707. The maximum absolute atomic E-state index is 4.54. The van der Waals surface area contributed by atoms with E-state index in [1.165, 1.54) is 15.4 Å². The summed E-state index contributed by atoms with van der Waals surface area (Å²) in [5, 5.41) is 11.5. The Kier molecular flexibility index (Phi) is 9.63. The van der Waals surface area contributed by atoms with Crippen molar-refractivity contribution in [1.29, 1.82) is 0 Å². The molecule has 0 aliphatic heterocycles. The number of nitrogens with zero attached hydrogens (tertiary/aromatic N) is 3. The maximum Gasteiger partial charge on any atom is 0.191 e. The van der Waals surface area contributed by atoms with E-state index in [2.05, 4.69) is 71.3 Å². The summed E-state index contributed by atoms with van der Waals surface area (Å²) in [7, 11) is 1.82. The average molecular weight is 489 g/mol. The van der Waals surface area contributed by atoms with E-state index in [1.807, 2.05) is 25.3 Å². The first-order valence-electron chi connectivity index (χ1n) is 8.91. The molecule has 2 rings (SSSR count). The summed E-state index contributed by atoms with van der Waals surface area (Å²) in [5.74, 6) is 1.33. The lowest BCUT2D eigenvalue weighted by Crippen LogP contribution is -2.44. The minimum Gasteiger partial charge on any atom is -0.356 e. The molecule has 2 unspecified atom stereocenters. The van der Waals surface area contributed by atoms with Gasteiger partial charge < -0.3 is 10.6 Å².